The predicted octanol–water partition coefficient (Wildman–Crippen LogP) is 17.4. The lowest BCUT2D eigenvalue weighted by atomic mass is 10.0. The van der Waals surface area contributed by atoms with Crippen molar-refractivity contribution >= 4 is 97.9 Å². The second-order valence-electron chi connectivity index (χ2n) is 17.0. The summed E-state index contributed by atoms with van der Waals surface area (Å²) in [5.41, 5.74) is 14.6. The van der Waals surface area contributed by atoms with Crippen molar-refractivity contribution in [2.75, 3.05) is 10.2 Å². The Labute approximate surface area is 388 Å². The molecule has 0 amide bonds. The molecule has 0 fully saturated rings. The maximum atomic E-state index is 3.50. The first-order valence-corrected chi connectivity index (χ1v) is 23.5. The first-order valence-electron chi connectivity index (χ1n) is 22.7. The highest BCUT2D eigenvalue weighted by Gasteiger charge is 2.22. The molecule has 9 aromatic carbocycles. The van der Waals surface area contributed by atoms with Crippen LogP contribution in [0, 0.1) is 0 Å². The van der Waals surface area contributed by atoms with Crippen LogP contribution < -0.4 is 10.2 Å². The molecule has 316 valence electrons. The molecule has 4 nitrogen and oxygen atoms in total. The predicted molar refractivity (Wildman–Crippen MR) is 284 cm³/mol. The number of para-hydroxylation sites is 5. The maximum Gasteiger partial charge on any atom is 0.0641 e. The summed E-state index contributed by atoms with van der Waals surface area (Å²) in [7, 11) is 0. The van der Waals surface area contributed by atoms with Crippen LogP contribution in [0.2, 0.25) is 0 Å². The highest BCUT2D eigenvalue weighted by atomic mass is 32.1. The zero-order valence-electron chi connectivity index (χ0n) is 36.6. The number of fused-ring (bicyclic) bond motifs is 10. The largest absolute Gasteiger partial charge is 0.356 e. The van der Waals surface area contributed by atoms with Gasteiger partial charge in [-0.25, -0.2) is 0 Å². The van der Waals surface area contributed by atoms with Gasteiger partial charge in [0.25, 0.3) is 0 Å². The minimum atomic E-state index is 1.07. The quantitative estimate of drug-likeness (QED) is 0.173. The Balaban J connectivity index is 0.000000148. The fourth-order valence-corrected chi connectivity index (χ4v) is 11.1. The number of benzene rings is 9. The summed E-state index contributed by atoms with van der Waals surface area (Å²) in [5.74, 6) is 0. The summed E-state index contributed by atoms with van der Waals surface area (Å²) < 4.78 is 7.52. The van der Waals surface area contributed by atoms with E-state index in [0.717, 1.165) is 29.9 Å². The first-order chi connectivity index (χ1) is 32.7. The molecule has 0 saturated heterocycles. The SMILES string of the molecule is CC1=CC=C(N(c2ccccc2)c2cccc3c2sc2ccccc23)CC1.c1ccc(Nc2ccc(-n3c4ccccc4c4c3ccc3c5ccccc5n(-c5ccccc5)c34)cc2)cc1. The molecule has 12 aromatic rings. The van der Waals surface area contributed by atoms with Crippen LogP contribution in [-0.4, -0.2) is 9.13 Å². The number of nitrogens with one attached hydrogen (secondary N) is 1. The van der Waals surface area contributed by atoms with Crippen molar-refractivity contribution in [3.05, 3.63) is 242 Å². The highest BCUT2D eigenvalue weighted by molar-refractivity contribution is 7.26. The summed E-state index contributed by atoms with van der Waals surface area (Å²) in [4.78, 5) is 2.45. The molecular formula is C61H46N4S. The summed E-state index contributed by atoms with van der Waals surface area (Å²) in [6.07, 6.45) is 6.74. The van der Waals surface area contributed by atoms with Gasteiger partial charge in [-0.1, -0.05) is 139 Å². The lowest BCUT2D eigenvalue weighted by Crippen LogP contribution is -2.17. The van der Waals surface area contributed by atoms with Gasteiger partial charge in [0.1, 0.15) is 0 Å². The third-order valence-electron chi connectivity index (χ3n) is 12.9. The fourth-order valence-electron chi connectivity index (χ4n) is 9.88. The summed E-state index contributed by atoms with van der Waals surface area (Å²) in [6, 6.07) is 77.9. The van der Waals surface area contributed by atoms with Crippen molar-refractivity contribution in [1.29, 1.82) is 0 Å². The van der Waals surface area contributed by atoms with Gasteiger partial charge in [0.15, 0.2) is 0 Å². The second-order valence-corrected chi connectivity index (χ2v) is 18.1. The van der Waals surface area contributed by atoms with Crippen molar-refractivity contribution in [3.8, 4) is 11.4 Å². The van der Waals surface area contributed by atoms with Gasteiger partial charge in [-0.05, 0) is 117 Å². The van der Waals surface area contributed by atoms with Crippen LogP contribution in [0.1, 0.15) is 19.8 Å². The molecule has 0 unspecified atom stereocenters. The van der Waals surface area contributed by atoms with Crippen molar-refractivity contribution in [1.82, 2.24) is 9.13 Å². The van der Waals surface area contributed by atoms with E-state index in [9.17, 15) is 0 Å². The molecule has 1 aliphatic carbocycles. The number of hydrogen-bond acceptors (Lipinski definition) is 3. The molecule has 1 N–H and O–H groups in total. The Morgan fingerprint density at radius 2 is 1.05 bits per heavy atom. The number of thiophene rings is 1. The van der Waals surface area contributed by atoms with Gasteiger partial charge >= 0.3 is 0 Å². The average Bonchev–Trinajstić information content (AvgIpc) is 4.04. The van der Waals surface area contributed by atoms with E-state index in [2.05, 4.69) is 239 Å². The second kappa shape index (κ2) is 16.8. The van der Waals surface area contributed by atoms with E-state index >= 15 is 0 Å². The Hall–Kier alpha value is -8.12. The zero-order chi connectivity index (χ0) is 44.0. The number of nitrogens with zero attached hydrogens (tertiary/aromatic N) is 3. The molecule has 3 aromatic heterocycles. The molecular weight excluding hydrogens is 821 g/mol. The van der Waals surface area contributed by atoms with Gasteiger partial charge in [-0.2, -0.15) is 0 Å². The van der Waals surface area contributed by atoms with Gasteiger partial charge in [-0.3, -0.25) is 0 Å². The molecule has 0 atom stereocenters. The molecule has 0 aliphatic heterocycles. The van der Waals surface area contributed by atoms with E-state index in [0.29, 0.717) is 0 Å². The van der Waals surface area contributed by atoms with Crippen LogP contribution in [0.3, 0.4) is 0 Å². The topological polar surface area (TPSA) is 25.1 Å². The van der Waals surface area contributed by atoms with E-state index < -0.39 is 0 Å². The van der Waals surface area contributed by atoms with E-state index in [4.69, 9.17) is 0 Å². The van der Waals surface area contributed by atoms with Crippen LogP contribution in [0.15, 0.2) is 242 Å². The summed E-state index contributed by atoms with van der Waals surface area (Å²) in [6.45, 7) is 2.22. The molecule has 3 heterocycles. The van der Waals surface area contributed by atoms with Crippen molar-refractivity contribution in [2.24, 2.45) is 0 Å². The normalized spacial score (nSPS) is 12.7. The minimum Gasteiger partial charge on any atom is -0.356 e. The molecule has 5 heteroatoms. The fraction of sp³-hybridized carbons (Fsp3) is 0.0492. The minimum absolute atomic E-state index is 1.07. The standard InChI is InChI=1S/C36H25N3.C25H21NS/c1-3-11-25(12-4-1)37-26-19-21-28(22-20-26)38-33-18-10-8-16-31(33)35-34(38)24-23-30-29-15-7-9-17-32(29)39(36(30)35)27-13-5-2-6-14-27;1-18-14-16-20(17-15-18)26(19-8-3-2-4-9-19)23-12-7-11-22-21-10-5-6-13-24(21)27-25(22)23/h1-24,37H;2-14,16H,15,17H2,1H3. The molecule has 0 radical (unpaired) electrons. The number of rotatable bonds is 7. The monoisotopic (exact) mass is 866 g/mol. The Morgan fingerprint density at radius 3 is 1.79 bits per heavy atom. The van der Waals surface area contributed by atoms with Gasteiger partial charge in [-0.15, -0.1) is 11.3 Å². The summed E-state index contributed by atoms with van der Waals surface area (Å²) >= 11 is 1.89. The van der Waals surface area contributed by atoms with E-state index in [1.807, 2.05) is 29.5 Å². The third-order valence-corrected chi connectivity index (χ3v) is 14.1. The van der Waals surface area contributed by atoms with E-state index in [1.165, 1.54) is 92.1 Å². The Bertz CT molecular complexity index is 3780. The molecule has 13 rings (SSSR count). The average molecular weight is 867 g/mol. The lowest BCUT2D eigenvalue weighted by Gasteiger charge is -2.30. The van der Waals surface area contributed by atoms with Crippen molar-refractivity contribution in [2.45, 2.75) is 19.8 Å². The number of hydrogen-bond donors (Lipinski definition) is 1. The van der Waals surface area contributed by atoms with Crippen molar-refractivity contribution in [3.63, 3.8) is 0 Å². The molecule has 0 saturated carbocycles. The van der Waals surface area contributed by atoms with Gasteiger partial charge in [0.05, 0.1) is 32.5 Å². The van der Waals surface area contributed by atoms with Crippen LogP contribution in [0.4, 0.5) is 22.7 Å². The molecule has 66 heavy (non-hydrogen) atoms. The van der Waals surface area contributed by atoms with Gasteiger partial charge in [0, 0.05) is 71.2 Å². The van der Waals surface area contributed by atoms with E-state index in [1.54, 1.807) is 0 Å². The summed E-state index contributed by atoms with van der Waals surface area (Å²) in [5, 5.41) is 11.3. The van der Waals surface area contributed by atoms with Crippen LogP contribution in [0.5, 0.6) is 0 Å². The van der Waals surface area contributed by atoms with Crippen LogP contribution >= 0.6 is 11.3 Å². The van der Waals surface area contributed by atoms with Gasteiger partial charge < -0.3 is 19.4 Å². The molecule has 0 bridgehead atoms. The molecule has 0 spiro atoms. The zero-order valence-corrected chi connectivity index (χ0v) is 37.4. The van der Waals surface area contributed by atoms with E-state index in [-0.39, 0.29) is 0 Å². The number of allylic oxidation sites excluding steroid dienone is 4. The highest BCUT2D eigenvalue weighted by Crippen LogP contribution is 2.45. The maximum absolute atomic E-state index is 3.50. The Morgan fingerprint density at radius 1 is 0.439 bits per heavy atom. The van der Waals surface area contributed by atoms with Crippen LogP contribution in [0.25, 0.3) is 75.2 Å². The number of aromatic nitrogens is 2. The number of anilines is 4. The first kappa shape index (κ1) is 39.5. The molecule has 1 aliphatic rings. The van der Waals surface area contributed by atoms with Crippen molar-refractivity contribution < 1.29 is 0 Å². The smallest absolute Gasteiger partial charge is 0.0641 e. The van der Waals surface area contributed by atoms with Gasteiger partial charge in [0.2, 0.25) is 0 Å². The third kappa shape index (κ3) is 6.93. The Kier molecular flexibility index (Phi) is 10.0. The van der Waals surface area contributed by atoms with Crippen LogP contribution in [-0.2, 0) is 0 Å². The lowest BCUT2D eigenvalue weighted by molar-refractivity contribution is 0.876.